The minimum absolute atomic E-state index is 0.0361. The zero-order valence-corrected chi connectivity index (χ0v) is 12.5. The van der Waals surface area contributed by atoms with Crippen molar-refractivity contribution < 1.29 is 13.2 Å². The Morgan fingerprint density at radius 1 is 1.42 bits per heavy atom. The van der Waals surface area contributed by atoms with E-state index in [2.05, 4.69) is 26.2 Å². The van der Waals surface area contributed by atoms with Crippen LogP contribution in [0.1, 0.15) is 10.5 Å². The molecule has 0 spiro atoms. The molecule has 1 heterocycles. The van der Waals surface area contributed by atoms with E-state index in [0.717, 1.165) is 0 Å². The first kappa shape index (κ1) is 14.1. The number of carbonyl (C=O) groups excluding carboxylic acids is 1. The maximum Gasteiger partial charge on any atom is 0.275 e. The Balaban J connectivity index is 2.25. The molecule has 6 nitrogen and oxygen atoms in total. The molecule has 0 fully saturated rings. The Hall–Kier alpha value is -1.29. The van der Waals surface area contributed by atoms with Crippen molar-refractivity contribution in [3.8, 4) is 0 Å². The first-order valence-corrected chi connectivity index (χ1v) is 8.18. The molecule has 0 atom stereocenters. The van der Waals surface area contributed by atoms with Crippen molar-refractivity contribution in [2.45, 2.75) is 4.90 Å². The highest BCUT2D eigenvalue weighted by atomic mass is 79.9. The van der Waals surface area contributed by atoms with Gasteiger partial charge in [0.15, 0.2) is 0 Å². The molecule has 0 aliphatic heterocycles. The first-order chi connectivity index (χ1) is 8.88. The Bertz CT molecular complexity index is 714. The standard InChI is InChI=1S/C10H8BrN3O3S2/c11-7-3-6(19(12,16)17)1-2-8(7)14-10(15)9-4-18-5-13-9/h1-5H,(H,14,15)(H2,12,16,17). The fourth-order valence-electron chi connectivity index (χ4n) is 1.29. The number of sulfonamides is 1. The van der Waals surface area contributed by atoms with E-state index < -0.39 is 10.0 Å². The van der Waals surface area contributed by atoms with Gasteiger partial charge in [-0.05, 0) is 34.1 Å². The number of hydrogen-bond acceptors (Lipinski definition) is 5. The fraction of sp³-hybridized carbons (Fsp3) is 0. The minimum Gasteiger partial charge on any atom is -0.320 e. The van der Waals surface area contributed by atoms with Crippen molar-refractivity contribution in [3.05, 3.63) is 39.3 Å². The Morgan fingerprint density at radius 3 is 2.68 bits per heavy atom. The molecular formula is C10H8BrN3O3S2. The number of nitrogens with two attached hydrogens (primary N) is 1. The second-order valence-electron chi connectivity index (χ2n) is 3.51. The number of primary sulfonamides is 1. The molecule has 19 heavy (non-hydrogen) atoms. The van der Waals surface area contributed by atoms with Crippen molar-refractivity contribution >= 4 is 48.9 Å². The van der Waals surface area contributed by atoms with E-state index in [1.807, 2.05) is 0 Å². The molecule has 0 saturated carbocycles. The molecule has 0 aliphatic carbocycles. The van der Waals surface area contributed by atoms with Crippen LogP contribution in [0.3, 0.4) is 0 Å². The summed E-state index contributed by atoms with van der Waals surface area (Å²) in [6, 6.07) is 4.09. The van der Waals surface area contributed by atoms with Crippen molar-refractivity contribution in [1.82, 2.24) is 4.98 Å². The normalized spacial score (nSPS) is 11.3. The summed E-state index contributed by atoms with van der Waals surface area (Å²) >= 11 is 4.49. The average molecular weight is 362 g/mol. The molecule has 1 amide bonds. The lowest BCUT2D eigenvalue weighted by atomic mass is 10.3. The van der Waals surface area contributed by atoms with E-state index in [0.29, 0.717) is 15.9 Å². The number of benzene rings is 1. The van der Waals surface area contributed by atoms with Crippen molar-refractivity contribution in [2.24, 2.45) is 5.14 Å². The summed E-state index contributed by atoms with van der Waals surface area (Å²) in [4.78, 5) is 15.6. The van der Waals surface area contributed by atoms with Gasteiger partial charge in [-0.25, -0.2) is 18.5 Å². The number of anilines is 1. The lowest BCUT2D eigenvalue weighted by Crippen LogP contribution is -2.14. The van der Waals surface area contributed by atoms with E-state index in [9.17, 15) is 13.2 Å². The van der Waals surface area contributed by atoms with Crippen molar-refractivity contribution in [2.75, 3.05) is 5.32 Å². The topological polar surface area (TPSA) is 102 Å². The number of hydrogen-bond donors (Lipinski definition) is 2. The summed E-state index contributed by atoms with van der Waals surface area (Å²) in [7, 11) is -3.77. The molecule has 9 heteroatoms. The molecular weight excluding hydrogens is 354 g/mol. The van der Waals surface area contributed by atoms with Crippen molar-refractivity contribution in [1.29, 1.82) is 0 Å². The van der Waals surface area contributed by atoms with Crippen LogP contribution in [-0.4, -0.2) is 19.3 Å². The Labute approximate surface area is 121 Å². The number of rotatable bonds is 3. The first-order valence-electron chi connectivity index (χ1n) is 4.90. The van der Waals surface area contributed by atoms with Crippen LogP contribution in [0.2, 0.25) is 0 Å². The molecule has 1 aromatic heterocycles. The second-order valence-corrected chi connectivity index (χ2v) is 6.65. The molecule has 3 N–H and O–H groups in total. The highest BCUT2D eigenvalue weighted by Gasteiger charge is 2.13. The van der Waals surface area contributed by atoms with Crippen LogP contribution in [0.25, 0.3) is 0 Å². The van der Waals surface area contributed by atoms with Gasteiger partial charge in [0.25, 0.3) is 5.91 Å². The van der Waals surface area contributed by atoms with Crippen LogP contribution in [0.15, 0.2) is 38.5 Å². The molecule has 0 saturated heterocycles. The number of carbonyl (C=O) groups is 1. The number of nitrogens with zero attached hydrogens (tertiary/aromatic N) is 1. The lowest BCUT2D eigenvalue weighted by Gasteiger charge is -2.07. The zero-order valence-electron chi connectivity index (χ0n) is 9.33. The highest BCUT2D eigenvalue weighted by molar-refractivity contribution is 9.10. The molecule has 0 bridgehead atoms. The van der Waals surface area contributed by atoms with Gasteiger partial charge in [0.05, 0.1) is 16.1 Å². The van der Waals surface area contributed by atoms with Crippen LogP contribution in [0, 0.1) is 0 Å². The Morgan fingerprint density at radius 2 is 2.16 bits per heavy atom. The van der Waals surface area contributed by atoms with Gasteiger partial charge >= 0.3 is 0 Å². The molecule has 0 radical (unpaired) electrons. The number of thiazole rings is 1. The van der Waals surface area contributed by atoms with Gasteiger partial charge in [-0.2, -0.15) is 0 Å². The predicted octanol–water partition coefficient (Wildman–Crippen LogP) is 1.81. The van der Waals surface area contributed by atoms with E-state index >= 15 is 0 Å². The lowest BCUT2D eigenvalue weighted by molar-refractivity contribution is 0.102. The van der Waals surface area contributed by atoms with Gasteiger partial charge < -0.3 is 5.32 Å². The number of aromatic nitrogens is 1. The van der Waals surface area contributed by atoms with E-state index in [-0.39, 0.29) is 10.8 Å². The van der Waals surface area contributed by atoms with Crippen LogP contribution >= 0.6 is 27.3 Å². The largest absolute Gasteiger partial charge is 0.320 e. The maximum atomic E-state index is 11.8. The van der Waals surface area contributed by atoms with Gasteiger partial charge in [0.2, 0.25) is 10.0 Å². The smallest absolute Gasteiger partial charge is 0.275 e. The van der Waals surface area contributed by atoms with E-state index in [1.54, 1.807) is 10.9 Å². The molecule has 0 aliphatic rings. The summed E-state index contributed by atoms with van der Waals surface area (Å²) < 4.78 is 22.8. The van der Waals surface area contributed by atoms with Gasteiger partial charge in [-0.15, -0.1) is 11.3 Å². The third-order valence-corrected chi connectivity index (χ3v) is 4.34. The van der Waals surface area contributed by atoms with Crippen LogP contribution < -0.4 is 10.5 Å². The fourth-order valence-corrected chi connectivity index (χ4v) is 2.99. The maximum absolute atomic E-state index is 11.8. The summed E-state index contributed by atoms with van der Waals surface area (Å²) in [5.41, 5.74) is 2.28. The highest BCUT2D eigenvalue weighted by Crippen LogP contribution is 2.25. The second kappa shape index (κ2) is 5.37. The quantitative estimate of drug-likeness (QED) is 0.869. The number of amides is 1. The van der Waals surface area contributed by atoms with Gasteiger partial charge in [0.1, 0.15) is 5.69 Å². The Kier molecular flexibility index (Phi) is 3.99. The summed E-state index contributed by atoms with van der Waals surface area (Å²) in [6.07, 6.45) is 0. The number of nitrogens with one attached hydrogen (secondary N) is 1. The third kappa shape index (κ3) is 3.38. The van der Waals surface area contributed by atoms with Crippen LogP contribution in [-0.2, 0) is 10.0 Å². The van der Waals surface area contributed by atoms with Gasteiger partial charge in [-0.1, -0.05) is 0 Å². The van der Waals surface area contributed by atoms with E-state index in [4.69, 9.17) is 5.14 Å². The van der Waals surface area contributed by atoms with Crippen LogP contribution in [0.4, 0.5) is 5.69 Å². The van der Waals surface area contributed by atoms with Gasteiger partial charge in [-0.3, -0.25) is 4.79 Å². The number of halogens is 1. The predicted molar refractivity (Wildman–Crippen MR) is 75.6 cm³/mol. The molecule has 0 unspecified atom stereocenters. The minimum atomic E-state index is -3.77. The summed E-state index contributed by atoms with van der Waals surface area (Å²) in [5.74, 6) is -0.370. The van der Waals surface area contributed by atoms with Crippen molar-refractivity contribution in [3.63, 3.8) is 0 Å². The molecule has 100 valence electrons. The zero-order chi connectivity index (χ0) is 14.0. The summed E-state index contributed by atoms with van der Waals surface area (Å²) in [6.45, 7) is 0. The molecule has 2 aromatic rings. The molecule has 2 rings (SSSR count). The summed E-state index contributed by atoms with van der Waals surface area (Å²) in [5, 5.41) is 9.24. The average Bonchev–Trinajstić information content (AvgIpc) is 2.84. The monoisotopic (exact) mass is 361 g/mol. The third-order valence-electron chi connectivity index (χ3n) is 2.18. The van der Waals surface area contributed by atoms with Gasteiger partial charge in [0, 0.05) is 9.85 Å². The SMILES string of the molecule is NS(=O)(=O)c1ccc(NC(=O)c2cscn2)c(Br)c1. The molecule has 1 aromatic carbocycles. The van der Waals surface area contributed by atoms with E-state index in [1.165, 1.54) is 29.5 Å². The van der Waals surface area contributed by atoms with Crippen LogP contribution in [0.5, 0.6) is 0 Å².